The SMILES string of the molecule is CCOC(=O)C1=CC=CC=CN1Cc1ccccc1. The van der Waals surface area contributed by atoms with Gasteiger partial charge in [-0.2, -0.15) is 0 Å². The minimum absolute atomic E-state index is 0.297. The molecular formula is C16H17NO2. The molecule has 0 fully saturated rings. The molecule has 0 aromatic heterocycles. The predicted octanol–water partition coefficient (Wildman–Crippen LogP) is 3.02. The maximum Gasteiger partial charge on any atom is 0.354 e. The van der Waals surface area contributed by atoms with E-state index >= 15 is 0 Å². The summed E-state index contributed by atoms with van der Waals surface area (Å²) in [5, 5.41) is 0. The maximum absolute atomic E-state index is 12.0. The number of ether oxygens (including phenoxy) is 1. The molecule has 0 atom stereocenters. The number of carbonyl (C=O) groups excluding carboxylic acids is 1. The molecule has 1 aromatic rings. The third-order valence-electron chi connectivity index (χ3n) is 2.73. The van der Waals surface area contributed by atoms with Crippen molar-refractivity contribution in [3.05, 3.63) is 72.1 Å². The number of rotatable bonds is 4. The van der Waals surface area contributed by atoms with Gasteiger partial charge in [-0.05, 0) is 24.6 Å². The molecule has 0 saturated carbocycles. The summed E-state index contributed by atoms with van der Waals surface area (Å²) in [7, 11) is 0. The van der Waals surface area contributed by atoms with Crippen molar-refractivity contribution in [2.75, 3.05) is 6.61 Å². The zero-order chi connectivity index (χ0) is 13.5. The summed E-state index contributed by atoms with van der Waals surface area (Å²) in [5.41, 5.74) is 1.69. The lowest BCUT2D eigenvalue weighted by Crippen LogP contribution is -2.23. The minimum atomic E-state index is -0.297. The van der Waals surface area contributed by atoms with E-state index in [1.807, 2.05) is 66.6 Å². The summed E-state index contributed by atoms with van der Waals surface area (Å²) in [4.78, 5) is 13.8. The van der Waals surface area contributed by atoms with Crippen LogP contribution in [-0.4, -0.2) is 17.5 Å². The molecule has 3 heteroatoms. The Bertz CT molecular complexity index is 515. The highest BCUT2D eigenvalue weighted by Crippen LogP contribution is 2.15. The molecule has 0 radical (unpaired) electrons. The van der Waals surface area contributed by atoms with Gasteiger partial charge in [0.05, 0.1) is 6.61 Å². The summed E-state index contributed by atoms with van der Waals surface area (Å²) < 4.78 is 5.09. The smallest absolute Gasteiger partial charge is 0.354 e. The van der Waals surface area contributed by atoms with Crippen molar-refractivity contribution in [3.8, 4) is 0 Å². The number of esters is 1. The Labute approximate surface area is 113 Å². The van der Waals surface area contributed by atoms with Crippen LogP contribution < -0.4 is 0 Å². The Morgan fingerprint density at radius 1 is 1.16 bits per heavy atom. The fourth-order valence-corrected chi connectivity index (χ4v) is 1.85. The van der Waals surface area contributed by atoms with Crippen LogP contribution in [0, 0.1) is 0 Å². The van der Waals surface area contributed by atoms with Crippen LogP contribution in [0.4, 0.5) is 0 Å². The number of allylic oxidation sites excluding steroid dienone is 4. The van der Waals surface area contributed by atoms with Crippen molar-refractivity contribution >= 4 is 5.97 Å². The first-order valence-corrected chi connectivity index (χ1v) is 6.34. The van der Waals surface area contributed by atoms with Crippen LogP contribution in [0.3, 0.4) is 0 Å². The molecule has 3 nitrogen and oxygen atoms in total. The Morgan fingerprint density at radius 3 is 2.68 bits per heavy atom. The highest BCUT2D eigenvalue weighted by atomic mass is 16.5. The molecule has 1 aliphatic rings. The summed E-state index contributed by atoms with van der Waals surface area (Å²) in [6.45, 7) is 2.83. The lowest BCUT2D eigenvalue weighted by molar-refractivity contribution is -0.140. The van der Waals surface area contributed by atoms with Gasteiger partial charge < -0.3 is 9.64 Å². The molecule has 19 heavy (non-hydrogen) atoms. The van der Waals surface area contributed by atoms with E-state index in [0.29, 0.717) is 18.8 Å². The first-order chi connectivity index (χ1) is 9.31. The van der Waals surface area contributed by atoms with E-state index in [4.69, 9.17) is 4.74 Å². The number of hydrogen-bond acceptors (Lipinski definition) is 3. The topological polar surface area (TPSA) is 29.5 Å². The first-order valence-electron chi connectivity index (χ1n) is 6.34. The number of benzene rings is 1. The van der Waals surface area contributed by atoms with Crippen LogP contribution >= 0.6 is 0 Å². The third-order valence-corrected chi connectivity index (χ3v) is 2.73. The highest BCUT2D eigenvalue weighted by Gasteiger charge is 2.17. The van der Waals surface area contributed by atoms with Gasteiger partial charge >= 0.3 is 5.97 Å². The largest absolute Gasteiger partial charge is 0.461 e. The minimum Gasteiger partial charge on any atom is -0.461 e. The molecule has 0 N–H and O–H groups in total. The fourth-order valence-electron chi connectivity index (χ4n) is 1.85. The molecule has 0 spiro atoms. The summed E-state index contributed by atoms with van der Waals surface area (Å²) in [6, 6.07) is 10.0. The van der Waals surface area contributed by atoms with Crippen LogP contribution in [0.1, 0.15) is 12.5 Å². The number of nitrogens with zero attached hydrogens (tertiary/aromatic N) is 1. The average molecular weight is 255 g/mol. The van der Waals surface area contributed by atoms with Gasteiger partial charge in [0.15, 0.2) is 0 Å². The number of carbonyl (C=O) groups is 1. The molecule has 0 bridgehead atoms. The fraction of sp³-hybridized carbons (Fsp3) is 0.188. The van der Waals surface area contributed by atoms with Crippen LogP contribution in [0.25, 0.3) is 0 Å². The van der Waals surface area contributed by atoms with Gasteiger partial charge in [0.1, 0.15) is 5.70 Å². The molecule has 0 unspecified atom stereocenters. The monoisotopic (exact) mass is 255 g/mol. The third kappa shape index (κ3) is 3.58. The van der Waals surface area contributed by atoms with Crippen LogP contribution in [0.5, 0.6) is 0 Å². The second-order valence-corrected chi connectivity index (χ2v) is 4.11. The standard InChI is InChI=1S/C16H17NO2/c1-2-19-16(18)15-11-7-4-8-12-17(15)13-14-9-5-3-6-10-14/h3-12H,2,13H2,1H3. The predicted molar refractivity (Wildman–Crippen MR) is 75.0 cm³/mol. The van der Waals surface area contributed by atoms with Crippen molar-refractivity contribution in [2.45, 2.75) is 13.5 Å². The average Bonchev–Trinajstić information content (AvgIpc) is 2.66. The molecular weight excluding hydrogens is 238 g/mol. The van der Waals surface area contributed by atoms with Gasteiger partial charge in [0.2, 0.25) is 0 Å². The summed E-state index contributed by atoms with van der Waals surface area (Å²) >= 11 is 0. The molecule has 0 aliphatic carbocycles. The zero-order valence-corrected chi connectivity index (χ0v) is 11.0. The lowest BCUT2D eigenvalue weighted by Gasteiger charge is -2.21. The van der Waals surface area contributed by atoms with Gasteiger partial charge in [-0.15, -0.1) is 0 Å². The van der Waals surface area contributed by atoms with Crippen LogP contribution in [0.15, 0.2) is 66.5 Å². The van der Waals surface area contributed by atoms with E-state index in [2.05, 4.69) is 0 Å². The Kier molecular flexibility index (Phi) is 4.56. The molecule has 1 aromatic carbocycles. The second kappa shape index (κ2) is 6.59. The van der Waals surface area contributed by atoms with Gasteiger partial charge in [-0.3, -0.25) is 0 Å². The molecule has 2 rings (SSSR count). The van der Waals surface area contributed by atoms with Gasteiger partial charge in [-0.1, -0.05) is 42.5 Å². The quantitative estimate of drug-likeness (QED) is 0.774. The van der Waals surface area contributed by atoms with E-state index in [1.54, 1.807) is 6.08 Å². The van der Waals surface area contributed by atoms with Crippen molar-refractivity contribution in [2.24, 2.45) is 0 Å². The van der Waals surface area contributed by atoms with E-state index in [0.717, 1.165) is 5.56 Å². The lowest BCUT2D eigenvalue weighted by atomic mass is 10.2. The van der Waals surface area contributed by atoms with E-state index in [-0.39, 0.29) is 5.97 Å². The summed E-state index contributed by atoms with van der Waals surface area (Å²) in [6.07, 6.45) is 9.31. The van der Waals surface area contributed by atoms with E-state index in [1.165, 1.54) is 0 Å². The van der Waals surface area contributed by atoms with E-state index in [9.17, 15) is 4.79 Å². The first kappa shape index (κ1) is 13.1. The molecule has 0 saturated heterocycles. The molecule has 0 amide bonds. The maximum atomic E-state index is 12.0. The van der Waals surface area contributed by atoms with Gasteiger partial charge in [-0.25, -0.2) is 4.79 Å². The van der Waals surface area contributed by atoms with Crippen LogP contribution in [0.2, 0.25) is 0 Å². The van der Waals surface area contributed by atoms with Crippen molar-refractivity contribution < 1.29 is 9.53 Å². The molecule has 1 heterocycles. The molecule has 1 aliphatic heterocycles. The number of hydrogen-bond donors (Lipinski definition) is 0. The van der Waals surface area contributed by atoms with Gasteiger partial charge in [0, 0.05) is 12.7 Å². The van der Waals surface area contributed by atoms with E-state index < -0.39 is 0 Å². The Balaban J connectivity index is 2.18. The van der Waals surface area contributed by atoms with Crippen molar-refractivity contribution in [3.63, 3.8) is 0 Å². The molecule has 98 valence electrons. The zero-order valence-electron chi connectivity index (χ0n) is 11.0. The normalized spacial score (nSPS) is 13.9. The Morgan fingerprint density at radius 2 is 1.95 bits per heavy atom. The second-order valence-electron chi connectivity index (χ2n) is 4.11. The summed E-state index contributed by atoms with van der Waals surface area (Å²) in [5.74, 6) is -0.297. The Hall–Kier alpha value is -2.29. The highest BCUT2D eigenvalue weighted by molar-refractivity contribution is 5.88. The van der Waals surface area contributed by atoms with Crippen molar-refractivity contribution in [1.29, 1.82) is 0 Å². The van der Waals surface area contributed by atoms with Crippen LogP contribution in [-0.2, 0) is 16.1 Å². The van der Waals surface area contributed by atoms with Gasteiger partial charge in [0.25, 0.3) is 0 Å². The van der Waals surface area contributed by atoms with Crippen molar-refractivity contribution in [1.82, 2.24) is 4.90 Å².